The molecule has 0 aromatic rings. The molecule has 1 N–H and O–H groups in total. The topological polar surface area (TPSA) is 20.2 Å². The second-order valence-electron chi connectivity index (χ2n) is 0.442. The lowest BCUT2D eigenvalue weighted by Crippen LogP contribution is -1.67. The largest absolute Gasteiger partial charge is 0.386 e. The molecule has 1 nitrogen and oxygen atoms in total. The van der Waals surface area contributed by atoms with E-state index in [1.54, 1.807) is 0 Å². The number of aliphatic hydroxyl groups excluding tert-OH is 1. The van der Waals surface area contributed by atoms with Crippen molar-refractivity contribution >= 4 is 23.4 Å². The molecular formula is C2H5ClOS. The highest BCUT2D eigenvalue weighted by Gasteiger charge is 1.70. The van der Waals surface area contributed by atoms with E-state index in [0.717, 1.165) is 0 Å². The van der Waals surface area contributed by atoms with Crippen LogP contribution >= 0.6 is 23.4 Å². The molecule has 0 aliphatic carbocycles. The van der Waals surface area contributed by atoms with Crippen molar-refractivity contribution in [3.8, 4) is 0 Å². The molecule has 3 heteroatoms. The Kier molecular flexibility index (Phi) is 5.15. The maximum atomic E-state index is 7.94. The molecule has 0 unspecified atom stereocenters. The van der Waals surface area contributed by atoms with Crippen molar-refractivity contribution in [2.45, 2.75) is 0 Å². The Bertz CT molecular complexity index is 17.1. The van der Waals surface area contributed by atoms with Crippen LogP contribution < -0.4 is 0 Å². The van der Waals surface area contributed by atoms with Crippen LogP contribution in [0.2, 0.25) is 0 Å². The predicted octanol–water partition coefficient (Wildman–Crippen LogP) is 0.866. The summed E-state index contributed by atoms with van der Waals surface area (Å²) in [5.74, 6) is 0.128. The van der Waals surface area contributed by atoms with Crippen molar-refractivity contribution in [1.29, 1.82) is 0 Å². The van der Waals surface area contributed by atoms with Crippen molar-refractivity contribution in [3.05, 3.63) is 0 Å². The highest BCUT2D eigenvalue weighted by atomic mass is 35.5. The molecule has 0 atom stereocenters. The molecule has 0 spiro atoms. The Morgan fingerprint density at radius 2 is 2.40 bits per heavy atom. The minimum atomic E-state index is 0.128. The van der Waals surface area contributed by atoms with Gasteiger partial charge < -0.3 is 5.11 Å². The van der Waals surface area contributed by atoms with Crippen LogP contribution in [0.1, 0.15) is 0 Å². The van der Waals surface area contributed by atoms with E-state index >= 15 is 0 Å². The molecule has 0 bridgehead atoms. The third-order valence-electron chi connectivity index (χ3n) is 0.168. The Morgan fingerprint density at radius 3 is 2.40 bits per heavy atom. The normalized spacial score (nSPS) is 8.40. The molecule has 5 heavy (non-hydrogen) atoms. The Labute approximate surface area is 40.3 Å². The first-order chi connectivity index (χ1) is 2.41. The fourth-order valence-corrected chi connectivity index (χ4v) is 0.311. The summed E-state index contributed by atoms with van der Waals surface area (Å²) in [5, 5.41) is 8.43. The van der Waals surface area contributed by atoms with E-state index in [4.69, 9.17) is 16.7 Å². The average Bonchev–Trinajstić information content (AvgIpc) is 1.41. The third kappa shape index (κ3) is 4.60. The van der Waals surface area contributed by atoms with Gasteiger partial charge in [-0.1, -0.05) is 0 Å². The molecular weight excluding hydrogens is 108 g/mol. The van der Waals surface area contributed by atoms with Crippen molar-refractivity contribution in [1.82, 2.24) is 0 Å². The number of alkyl halides is 1. The zero-order valence-electron chi connectivity index (χ0n) is 2.65. The summed E-state index contributed by atoms with van der Waals surface area (Å²) in [7, 11) is 0. The van der Waals surface area contributed by atoms with Crippen LogP contribution in [0, 0.1) is 0 Å². The number of thioether (sulfide) groups is 1. The number of hydrogen-bond acceptors (Lipinski definition) is 2. The molecule has 0 saturated heterocycles. The van der Waals surface area contributed by atoms with E-state index in [0.29, 0.717) is 5.21 Å². The van der Waals surface area contributed by atoms with Crippen LogP contribution in [-0.4, -0.2) is 16.3 Å². The van der Waals surface area contributed by atoms with Crippen molar-refractivity contribution in [2.24, 2.45) is 0 Å². The Hall–Kier alpha value is 0.600. The zero-order chi connectivity index (χ0) is 4.12. The Morgan fingerprint density at radius 1 is 1.80 bits per heavy atom. The molecule has 0 amide bonds. The van der Waals surface area contributed by atoms with E-state index in [1.165, 1.54) is 11.8 Å². The maximum Gasteiger partial charge on any atom is 0.0897 e. The predicted molar refractivity (Wildman–Crippen MR) is 25.4 cm³/mol. The first-order valence-corrected chi connectivity index (χ1v) is 2.85. The third-order valence-corrected chi connectivity index (χ3v) is 0.968. The lowest BCUT2D eigenvalue weighted by molar-refractivity contribution is 0.375. The minimum absolute atomic E-state index is 0.128. The van der Waals surface area contributed by atoms with Gasteiger partial charge in [-0.2, -0.15) is 0 Å². The molecule has 0 aliphatic heterocycles. The molecule has 0 aromatic heterocycles. The summed E-state index contributed by atoms with van der Waals surface area (Å²) >= 11 is 6.39. The summed E-state index contributed by atoms with van der Waals surface area (Å²) in [4.78, 5) is 0. The van der Waals surface area contributed by atoms with Gasteiger partial charge in [-0.25, -0.2) is 0 Å². The van der Waals surface area contributed by atoms with Crippen LogP contribution in [0.4, 0.5) is 0 Å². The lowest BCUT2D eigenvalue weighted by atomic mass is 11.7. The van der Waals surface area contributed by atoms with Crippen molar-refractivity contribution in [3.63, 3.8) is 0 Å². The summed E-state index contributed by atoms with van der Waals surface area (Å²) in [5.41, 5.74) is 0. The molecule has 0 aromatic carbocycles. The first-order valence-electron chi connectivity index (χ1n) is 1.16. The fourth-order valence-electron chi connectivity index (χ4n) is 0.0345. The average molecular weight is 113 g/mol. The van der Waals surface area contributed by atoms with Gasteiger partial charge in [0.05, 0.1) is 11.2 Å². The van der Waals surface area contributed by atoms with Crippen molar-refractivity contribution in [2.75, 3.05) is 11.2 Å². The first kappa shape index (κ1) is 5.60. The highest BCUT2D eigenvalue weighted by molar-refractivity contribution is 8.00. The molecule has 0 aliphatic rings. The van der Waals surface area contributed by atoms with Crippen molar-refractivity contribution < 1.29 is 5.11 Å². The number of hydrogen-bond donors (Lipinski definition) is 1. The fraction of sp³-hybridized carbons (Fsp3) is 1.00. The number of aliphatic hydroxyl groups is 1. The maximum absolute atomic E-state index is 7.94. The SMILES string of the molecule is OCSCCl. The van der Waals surface area contributed by atoms with Crippen LogP contribution in [0.25, 0.3) is 0 Å². The van der Waals surface area contributed by atoms with Crippen LogP contribution in [0.3, 0.4) is 0 Å². The Balaban J connectivity index is 2.19. The quantitative estimate of drug-likeness (QED) is 0.423. The smallest absolute Gasteiger partial charge is 0.0897 e. The second kappa shape index (κ2) is 4.60. The van der Waals surface area contributed by atoms with E-state index in [2.05, 4.69) is 0 Å². The summed E-state index contributed by atoms with van der Waals surface area (Å²) < 4.78 is 0. The number of rotatable bonds is 2. The van der Waals surface area contributed by atoms with Gasteiger partial charge in [0.15, 0.2) is 0 Å². The summed E-state index contributed by atoms with van der Waals surface area (Å²) in [6.45, 7) is 0. The molecule has 0 saturated carbocycles. The van der Waals surface area contributed by atoms with Crippen LogP contribution in [-0.2, 0) is 0 Å². The van der Waals surface area contributed by atoms with Gasteiger partial charge in [0.1, 0.15) is 0 Å². The standard InChI is InChI=1S/C2H5ClOS/c3-1-5-2-4/h4H,1-2H2. The van der Waals surface area contributed by atoms with Gasteiger partial charge in [0.25, 0.3) is 0 Å². The molecule has 32 valence electrons. The summed E-state index contributed by atoms with van der Waals surface area (Å²) in [6.07, 6.45) is 0. The van der Waals surface area contributed by atoms with E-state index in [-0.39, 0.29) is 5.94 Å². The summed E-state index contributed by atoms with van der Waals surface area (Å²) in [6, 6.07) is 0. The van der Waals surface area contributed by atoms with Gasteiger partial charge in [-0.05, 0) is 0 Å². The van der Waals surface area contributed by atoms with Crippen LogP contribution in [0.5, 0.6) is 0 Å². The highest BCUT2D eigenvalue weighted by Crippen LogP contribution is 1.96. The van der Waals surface area contributed by atoms with E-state index < -0.39 is 0 Å². The monoisotopic (exact) mass is 112 g/mol. The van der Waals surface area contributed by atoms with Crippen LogP contribution in [0.15, 0.2) is 0 Å². The van der Waals surface area contributed by atoms with Gasteiger partial charge in [-0.3, -0.25) is 0 Å². The molecule has 0 radical (unpaired) electrons. The van der Waals surface area contributed by atoms with Gasteiger partial charge in [0.2, 0.25) is 0 Å². The lowest BCUT2D eigenvalue weighted by Gasteiger charge is -1.78. The molecule has 0 heterocycles. The van der Waals surface area contributed by atoms with Gasteiger partial charge in [-0.15, -0.1) is 23.4 Å². The number of halogens is 1. The molecule has 0 fully saturated rings. The van der Waals surface area contributed by atoms with Gasteiger partial charge in [0, 0.05) is 0 Å². The van der Waals surface area contributed by atoms with E-state index in [1.807, 2.05) is 0 Å². The molecule has 0 rings (SSSR count). The van der Waals surface area contributed by atoms with E-state index in [9.17, 15) is 0 Å². The van der Waals surface area contributed by atoms with Gasteiger partial charge >= 0.3 is 0 Å². The zero-order valence-corrected chi connectivity index (χ0v) is 4.22. The minimum Gasteiger partial charge on any atom is -0.386 e. The second-order valence-corrected chi connectivity index (χ2v) is 1.98.